The molecule has 2 rings (SSSR count). The average molecular weight is 250 g/mol. The molecule has 2 fully saturated rings. The van der Waals surface area contributed by atoms with Crippen LogP contribution in [-0.4, -0.2) is 13.2 Å². The highest BCUT2D eigenvalue weighted by molar-refractivity contribution is 4.86. The van der Waals surface area contributed by atoms with Crippen LogP contribution in [0.3, 0.4) is 0 Å². The molecule has 0 saturated heterocycles. The summed E-state index contributed by atoms with van der Waals surface area (Å²) in [6.07, 6.45) is 15.0. The second-order valence-corrected chi connectivity index (χ2v) is 6.85. The van der Waals surface area contributed by atoms with Crippen molar-refractivity contribution in [3.63, 3.8) is 0 Å². The second-order valence-electron chi connectivity index (χ2n) is 6.85. The van der Waals surface area contributed by atoms with E-state index in [1.54, 1.807) is 0 Å². The molecule has 0 amide bonds. The van der Waals surface area contributed by atoms with E-state index in [9.17, 15) is 0 Å². The number of ether oxygens (including phenoxy) is 1. The van der Waals surface area contributed by atoms with Crippen molar-refractivity contribution in [1.82, 2.24) is 0 Å². The summed E-state index contributed by atoms with van der Waals surface area (Å²) in [5.74, 6) is 2.08. The minimum atomic E-state index is 0.439. The van der Waals surface area contributed by atoms with Crippen molar-refractivity contribution in [2.75, 3.05) is 13.2 Å². The van der Waals surface area contributed by atoms with Gasteiger partial charge in [-0.05, 0) is 42.9 Å². The van der Waals surface area contributed by atoms with Crippen LogP contribution in [0.15, 0.2) is 12.7 Å². The smallest absolute Gasteiger partial charge is 0.0645 e. The first-order chi connectivity index (χ1) is 8.73. The third-order valence-electron chi connectivity index (χ3n) is 5.24. The fourth-order valence-corrected chi connectivity index (χ4v) is 3.95. The summed E-state index contributed by atoms with van der Waals surface area (Å²) in [7, 11) is 0. The lowest BCUT2D eigenvalue weighted by molar-refractivity contribution is 0.0226. The van der Waals surface area contributed by atoms with Gasteiger partial charge in [0.15, 0.2) is 0 Å². The summed E-state index contributed by atoms with van der Waals surface area (Å²) in [6, 6.07) is 0. The van der Waals surface area contributed by atoms with Crippen molar-refractivity contribution < 1.29 is 4.74 Å². The highest BCUT2D eigenvalue weighted by Crippen LogP contribution is 2.44. The van der Waals surface area contributed by atoms with Crippen LogP contribution in [0.25, 0.3) is 0 Å². The van der Waals surface area contributed by atoms with Crippen LogP contribution >= 0.6 is 0 Å². The van der Waals surface area contributed by atoms with Gasteiger partial charge in [0.05, 0.1) is 13.2 Å². The SMILES string of the molecule is C=CCOC[C@]1(C)CC[C@@H](C2CCCCC2)CC1. The molecule has 0 atom stereocenters. The fourth-order valence-electron chi connectivity index (χ4n) is 3.95. The van der Waals surface area contributed by atoms with E-state index in [1.165, 1.54) is 57.8 Å². The van der Waals surface area contributed by atoms with Crippen LogP contribution in [0.5, 0.6) is 0 Å². The molecule has 0 bridgehead atoms. The molecule has 2 saturated carbocycles. The molecule has 0 aromatic rings. The van der Waals surface area contributed by atoms with E-state index in [4.69, 9.17) is 4.74 Å². The summed E-state index contributed by atoms with van der Waals surface area (Å²) in [5.41, 5.74) is 0.439. The molecule has 1 nitrogen and oxygen atoms in total. The molecular weight excluding hydrogens is 220 g/mol. The van der Waals surface area contributed by atoms with Crippen molar-refractivity contribution >= 4 is 0 Å². The van der Waals surface area contributed by atoms with Crippen molar-refractivity contribution in [3.05, 3.63) is 12.7 Å². The highest BCUT2D eigenvalue weighted by Gasteiger charge is 2.34. The zero-order chi connectivity index (χ0) is 12.8. The Morgan fingerprint density at radius 1 is 1.06 bits per heavy atom. The van der Waals surface area contributed by atoms with Gasteiger partial charge in [0.1, 0.15) is 0 Å². The van der Waals surface area contributed by atoms with Gasteiger partial charge in [-0.2, -0.15) is 0 Å². The van der Waals surface area contributed by atoms with Gasteiger partial charge < -0.3 is 4.74 Å². The van der Waals surface area contributed by atoms with Crippen LogP contribution in [0, 0.1) is 17.3 Å². The molecule has 1 heteroatoms. The number of hydrogen-bond acceptors (Lipinski definition) is 1. The summed E-state index contributed by atoms with van der Waals surface area (Å²) in [6.45, 7) is 7.76. The normalized spacial score (nSPS) is 34.4. The van der Waals surface area contributed by atoms with E-state index in [2.05, 4.69) is 13.5 Å². The second kappa shape index (κ2) is 6.75. The van der Waals surface area contributed by atoms with Crippen LogP contribution in [0.1, 0.15) is 64.7 Å². The van der Waals surface area contributed by atoms with Crippen molar-refractivity contribution in [2.24, 2.45) is 17.3 Å². The molecule has 18 heavy (non-hydrogen) atoms. The topological polar surface area (TPSA) is 9.23 Å². The Kier molecular flexibility index (Phi) is 5.29. The third-order valence-corrected chi connectivity index (χ3v) is 5.24. The van der Waals surface area contributed by atoms with E-state index in [0.717, 1.165) is 18.4 Å². The van der Waals surface area contributed by atoms with Gasteiger partial charge in [-0.15, -0.1) is 6.58 Å². The maximum absolute atomic E-state index is 5.69. The summed E-state index contributed by atoms with van der Waals surface area (Å²) < 4.78 is 5.69. The van der Waals surface area contributed by atoms with Gasteiger partial charge in [-0.25, -0.2) is 0 Å². The quantitative estimate of drug-likeness (QED) is 0.494. The van der Waals surface area contributed by atoms with Crippen LogP contribution < -0.4 is 0 Å². The van der Waals surface area contributed by atoms with Crippen molar-refractivity contribution in [1.29, 1.82) is 0 Å². The Bertz CT molecular complexity index is 244. The van der Waals surface area contributed by atoms with Crippen molar-refractivity contribution in [2.45, 2.75) is 64.7 Å². The monoisotopic (exact) mass is 250 g/mol. The highest BCUT2D eigenvalue weighted by atomic mass is 16.5. The van der Waals surface area contributed by atoms with Crippen molar-refractivity contribution in [3.8, 4) is 0 Å². The zero-order valence-electron chi connectivity index (χ0n) is 12.1. The van der Waals surface area contributed by atoms with Crippen LogP contribution in [-0.2, 0) is 4.74 Å². The molecule has 2 aliphatic rings. The standard InChI is InChI=1S/C17H30O/c1-3-13-18-14-17(2)11-9-16(10-12-17)15-7-5-4-6-8-15/h3,15-16H,1,4-14H2,2H3/t16-,17-. The summed E-state index contributed by atoms with van der Waals surface area (Å²) in [4.78, 5) is 0. The van der Waals surface area contributed by atoms with E-state index in [0.29, 0.717) is 12.0 Å². The number of rotatable bonds is 5. The first-order valence-corrected chi connectivity index (χ1v) is 7.92. The Labute approximate surface area is 113 Å². The largest absolute Gasteiger partial charge is 0.377 e. The Morgan fingerprint density at radius 2 is 1.67 bits per heavy atom. The predicted molar refractivity (Wildman–Crippen MR) is 77.7 cm³/mol. The first-order valence-electron chi connectivity index (χ1n) is 7.92. The van der Waals surface area contributed by atoms with Gasteiger partial charge >= 0.3 is 0 Å². The van der Waals surface area contributed by atoms with E-state index in [1.807, 2.05) is 6.08 Å². The molecule has 0 unspecified atom stereocenters. The van der Waals surface area contributed by atoms with Gasteiger partial charge in [0.2, 0.25) is 0 Å². The average Bonchev–Trinajstić information content (AvgIpc) is 2.41. The molecule has 0 heterocycles. The maximum atomic E-state index is 5.69. The van der Waals surface area contributed by atoms with Gasteiger partial charge in [0.25, 0.3) is 0 Å². The minimum absolute atomic E-state index is 0.439. The lowest BCUT2D eigenvalue weighted by atomic mass is 9.66. The van der Waals surface area contributed by atoms with E-state index >= 15 is 0 Å². The molecule has 0 radical (unpaired) electrons. The lowest BCUT2D eigenvalue weighted by Crippen LogP contribution is -2.32. The van der Waals surface area contributed by atoms with Gasteiger partial charge in [-0.1, -0.05) is 45.1 Å². The third kappa shape index (κ3) is 3.85. The Hall–Kier alpha value is -0.300. The van der Waals surface area contributed by atoms with E-state index in [-0.39, 0.29) is 0 Å². The molecule has 0 aromatic heterocycles. The summed E-state index contributed by atoms with van der Waals surface area (Å²) in [5, 5.41) is 0. The molecule has 104 valence electrons. The maximum Gasteiger partial charge on any atom is 0.0645 e. The molecule has 2 aliphatic carbocycles. The molecular formula is C17H30O. The Morgan fingerprint density at radius 3 is 2.28 bits per heavy atom. The predicted octanol–water partition coefficient (Wildman–Crippen LogP) is 4.97. The van der Waals surface area contributed by atoms with Gasteiger partial charge in [-0.3, -0.25) is 0 Å². The van der Waals surface area contributed by atoms with E-state index < -0.39 is 0 Å². The van der Waals surface area contributed by atoms with Crippen LogP contribution in [0.4, 0.5) is 0 Å². The molecule has 0 N–H and O–H groups in total. The Balaban J connectivity index is 1.74. The van der Waals surface area contributed by atoms with Crippen LogP contribution in [0.2, 0.25) is 0 Å². The number of hydrogen-bond donors (Lipinski definition) is 0. The minimum Gasteiger partial charge on any atom is -0.377 e. The lowest BCUT2D eigenvalue weighted by Gasteiger charge is -2.41. The first kappa shape index (κ1) is 14.1. The zero-order valence-corrected chi connectivity index (χ0v) is 12.1. The van der Waals surface area contributed by atoms with Gasteiger partial charge in [0, 0.05) is 0 Å². The molecule has 0 aromatic carbocycles. The fraction of sp³-hybridized carbons (Fsp3) is 0.882. The molecule has 0 spiro atoms. The summed E-state index contributed by atoms with van der Waals surface area (Å²) >= 11 is 0. The molecule has 0 aliphatic heterocycles.